The van der Waals surface area contributed by atoms with Crippen molar-refractivity contribution in [2.75, 3.05) is 0 Å². The lowest BCUT2D eigenvalue weighted by atomic mass is 10.0. The average Bonchev–Trinajstić information content (AvgIpc) is 3.20. The van der Waals surface area contributed by atoms with Crippen molar-refractivity contribution < 1.29 is 19.7 Å². The van der Waals surface area contributed by atoms with Crippen molar-refractivity contribution in [2.24, 2.45) is 0 Å². The number of nitriles is 1. The van der Waals surface area contributed by atoms with Gasteiger partial charge in [-0.05, 0) is 29.7 Å². The van der Waals surface area contributed by atoms with Crippen molar-refractivity contribution >= 4 is 5.91 Å². The largest absolute Gasteiger partial charge is 0.507 e. The minimum Gasteiger partial charge on any atom is -0.507 e. The van der Waals surface area contributed by atoms with Gasteiger partial charge >= 0.3 is 0 Å². The Morgan fingerprint density at radius 3 is 2.60 bits per heavy atom. The van der Waals surface area contributed by atoms with Gasteiger partial charge in [0, 0.05) is 24.7 Å². The van der Waals surface area contributed by atoms with Crippen LogP contribution in [-0.2, 0) is 19.7 Å². The quantitative estimate of drug-likeness (QED) is 0.690. The van der Waals surface area contributed by atoms with Gasteiger partial charge in [-0.15, -0.1) is 0 Å². The van der Waals surface area contributed by atoms with Crippen LogP contribution < -0.4 is 4.74 Å². The molecule has 1 aliphatic heterocycles. The van der Waals surface area contributed by atoms with E-state index in [-0.39, 0.29) is 36.0 Å². The normalized spacial score (nSPS) is 12.3. The molecule has 150 valence electrons. The van der Waals surface area contributed by atoms with E-state index in [1.165, 1.54) is 0 Å². The number of rotatable bonds is 4. The lowest BCUT2D eigenvalue weighted by molar-refractivity contribution is 0.0742. The molecule has 0 aromatic heterocycles. The Morgan fingerprint density at radius 1 is 1.10 bits per heavy atom. The Bertz CT molecular complexity index is 1170. The number of phenolic OH excluding ortho intramolecular Hbond substituents is 2. The fourth-order valence-electron chi connectivity index (χ4n) is 3.68. The lowest BCUT2D eigenvalue weighted by Gasteiger charge is -2.21. The summed E-state index contributed by atoms with van der Waals surface area (Å²) in [4.78, 5) is 14.9. The summed E-state index contributed by atoms with van der Waals surface area (Å²) in [5.41, 5.74) is 3.54. The van der Waals surface area contributed by atoms with Gasteiger partial charge in [-0.2, -0.15) is 5.26 Å². The number of carbonyl (C=O) groups excluding carboxylic acids is 1. The molecule has 0 saturated heterocycles. The van der Waals surface area contributed by atoms with Crippen molar-refractivity contribution in [1.82, 2.24) is 4.90 Å². The zero-order valence-corrected chi connectivity index (χ0v) is 16.4. The molecule has 0 saturated carbocycles. The molecule has 0 radical (unpaired) electrons. The first-order valence-electron chi connectivity index (χ1n) is 9.52. The topological polar surface area (TPSA) is 93.8 Å². The van der Waals surface area contributed by atoms with Gasteiger partial charge in [0.2, 0.25) is 0 Å². The first kappa shape index (κ1) is 19.3. The maximum atomic E-state index is 13.4. The number of carbonyl (C=O) groups is 1. The van der Waals surface area contributed by atoms with Crippen molar-refractivity contribution in [3.63, 3.8) is 0 Å². The van der Waals surface area contributed by atoms with E-state index in [0.717, 1.165) is 22.8 Å². The highest BCUT2D eigenvalue weighted by Gasteiger charge is 2.31. The molecule has 4 rings (SSSR count). The second-order valence-electron chi connectivity index (χ2n) is 7.23. The molecule has 30 heavy (non-hydrogen) atoms. The summed E-state index contributed by atoms with van der Waals surface area (Å²) in [5.74, 6) is -0.761. The number of amides is 1. The highest BCUT2D eigenvalue weighted by Crippen LogP contribution is 2.40. The van der Waals surface area contributed by atoms with Crippen molar-refractivity contribution in [1.29, 1.82) is 5.26 Å². The summed E-state index contributed by atoms with van der Waals surface area (Å²) < 4.78 is 5.90. The number of fused-ring (bicyclic) bond motifs is 1. The number of ether oxygens (including phenoxy) is 1. The molecule has 0 aliphatic carbocycles. The van der Waals surface area contributed by atoms with Gasteiger partial charge < -0.3 is 19.8 Å². The molecular weight excluding hydrogens is 380 g/mol. The van der Waals surface area contributed by atoms with Gasteiger partial charge in [0.05, 0.1) is 11.6 Å². The zero-order valence-electron chi connectivity index (χ0n) is 16.4. The Labute approximate surface area is 174 Å². The van der Waals surface area contributed by atoms with Crippen LogP contribution in [0.3, 0.4) is 0 Å². The fraction of sp³-hybridized carbons (Fsp3) is 0.167. The Kier molecular flexibility index (Phi) is 5.03. The minimum absolute atomic E-state index is 0.00699. The molecule has 1 amide bonds. The lowest BCUT2D eigenvalue weighted by Crippen LogP contribution is -2.26. The van der Waals surface area contributed by atoms with E-state index in [1.54, 1.807) is 24.0 Å². The first-order chi connectivity index (χ1) is 14.5. The van der Waals surface area contributed by atoms with Crippen molar-refractivity contribution in [3.05, 3.63) is 88.0 Å². The smallest absolute Gasteiger partial charge is 0.262 e. The van der Waals surface area contributed by atoms with Gasteiger partial charge in [-0.3, -0.25) is 4.79 Å². The van der Waals surface area contributed by atoms with E-state index in [2.05, 4.69) is 6.07 Å². The molecule has 3 aromatic carbocycles. The summed E-state index contributed by atoms with van der Waals surface area (Å²) in [6.45, 7) is 2.43. The molecule has 6 nitrogen and oxygen atoms in total. The predicted octanol–water partition coefficient (Wildman–Crippen LogP) is 4.01. The molecule has 6 heteroatoms. The molecule has 0 fully saturated rings. The van der Waals surface area contributed by atoms with Crippen LogP contribution >= 0.6 is 0 Å². The summed E-state index contributed by atoms with van der Waals surface area (Å²) in [6, 6.07) is 18.2. The van der Waals surface area contributed by atoms with Crippen molar-refractivity contribution in [2.45, 2.75) is 26.6 Å². The van der Waals surface area contributed by atoms with E-state index in [0.29, 0.717) is 17.7 Å². The van der Waals surface area contributed by atoms with Gasteiger partial charge in [-0.1, -0.05) is 42.5 Å². The molecular formula is C24H20N2O4. The summed E-state index contributed by atoms with van der Waals surface area (Å²) >= 11 is 0. The van der Waals surface area contributed by atoms with E-state index in [9.17, 15) is 20.3 Å². The van der Waals surface area contributed by atoms with E-state index >= 15 is 0 Å². The monoisotopic (exact) mass is 400 g/mol. The third-order valence-electron chi connectivity index (χ3n) is 5.31. The highest BCUT2D eigenvalue weighted by atomic mass is 16.5. The van der Waals surface area contributed by atoms with Crippen LogP contribution in [-0.4, -0.2) is 21.0 Å². The molecule has 0 spiro atoms. The Morgan fingerprint density at radius 2 is 1.87 bits per heavy atom. The second kappa shape index (κ2) is 7.80. The molecule has 2 N–H and O–H groups in total. The van der Waals surface area contributed by atoms with E-state index in [4.69, 9.17) is 4.74 Å². The van der Waals surface area contributed by atoms with E-state index in [1.807, 2.05) is 36.4 Å². The van der Waals surface area contributed by atoms with Gasteiger partial charge in [0.25, 0.3) is 5.91 Å². The third kappa shape index (κ3) is 3.42. The number of aromatic hydroxyl groups is 2. The first-order valence-corrected chi connectivity index (χ1v) is 9.52. The van der Waals surface area contributed by atoms with Crippen LogP contribution in [0.5, 0.6) is 17.2 Å². The van der Waals surface area contributed by atoms with Gasteiger partial charge in [0.15, 0.2) is 0 Å². The van der Waals surface area contributed by atoms with Crippen LogP contribution in [0.15, 0.2) is 54.6 Å². The highest BCUT2D eigenvalue weighted by molar-refractivity contribution is 6.00. The summed E-state index contributed by atoms with van der Waals surface area (Å²) in [7, 11) is 0. The van der Waals surface area contributed by atoms with Crippen LogP contribution in [0, 0.1) is 18.3 Å². The SMILES string of the molecule is Cc1c(O)cc(O)c(C(=O)N2Cc3cccc(C#N)c3C2)c1OCc1ccccc1. The summed E-state index contributed by atoms with van der Waals surface area (Å²) in [5, 5.41) is 30.0. The van der Waals surface area contributed by atoms with Gasteiger partial charge in [-0.25, -0.2) is 0 Å². The maximum absolute atomic E-state index is 13.4. The number of hydrogen-bond acceptors (Lipinski definition) is 5. The number of hydrogen-bond donors (Lipinski definition) is 2. The molecule has 0 unspecified atom stereocenters. The van der Waals surface area contributed by atoms with Crippen LogP contribution in [0.2, 0.25) is 0 Å². The molecule has 1 heterocycles. The second-order valence-corrected chi connectivity index (χ2v) is 7.23. The maximum Gasteiger partial charge on any atom is 0.262 e. The molecule has 0 atom stereocenters. The minimum atomic E-state index is -0.418. The Balaban J connectivity index is 1.67. The molecule has 3 aromatic rings. The predicted molar refractivity (Wildman–Crippen MR) is 110 cm³/mol. The van der Waals surface area contributed by atoms with E-state index < -0.39 is 5.91 Å². The van der Waals surface area contributed by atoms with Crippen molar-refractivity contribution in [3.8, 4) is 23.3 Å². The average molecular weight is 400 g/mol. The van der Waals surface area contributed by atoms with Gasteiger partial charge in [0.1, 0.15) is 29.4 Å². The number of phenols is 2. The fourth-order valence-corrected chi connectivity index (χ4v) is 3.68. The van der Waals surface area contributed by atoms with Crippen LogP contribution in [0.4, 0.5) is 0 Å². The number of benzene rings is 3. The summed E-state index contributed by atoms with van der Waals surface area (Å²) in [6.07, 6.45) is 0. The number of nitrogens with zero attached hydrogens (tertiary/aromatic N) is 2. The van der Waals surface area contributed by atoms with Crippen LogP contribution in [0.1, 0.15) is 38.2 Å². The standard InChI is InChI=1S/C24H20N2O4/c1-15-20(27)10-21(28)22(23(15)30-14-16-6-3-2-4-7-16)24(29)26-12-18-9-5-8-17(11-25)19(18)13-26/h2-10,27-28H,12-14H2,1H3. The molecule has 1 aliphatic rings. The third-order valence-corrected chi connectivity index (χ3v) is 5.31. The molecule has 0 bridgehead atoms. The van der Waals surface area contributed by atoms with Crippen LogP contribution in [0.25, 0.3) is 0 Å². The zero-order chi connectivity index (χ0) is 21.3. The Hall–Kier alpha value is -3.98.